The van der Waals surface area contributed by atoms with E-state index in [2.05, 4.69) is 39.2 Å². The van der Waals surface area contributed by atoms with E-state index in [9.17, 15) is 4.79 Å². The number of H-pyrrole nitrogens is 1. The van der Waals surface area contributed by atoms with Crippen LogP contribution in [0.2, 0.25) is 0 Å². The van der Waals surface area contributed by atoms with Crippen molar-refractivity contribution in [2.75, 3.05) is 26.2 Å². The first kappa shape index (κ1) is 16.4. The molecule has 2 aromatic rings. The van der Waals surface area contributed by atoms with Crippen molar-refractivity contribution in [3.8, 4) is 0 Å². The SMILES string of the molecule is Cc1ccc2nc(CNC(=O)N3CC[C@@H](N4CCCCC4)C3)[nH]c2c1. The van der Waals surface area contributed by atoms with Gasteiger partial charge in [-0.1, -0.05) is 12.5 Å². The van der Waals surface area contributed by atoms with Gasteiger partial charge in [-0.2, -0.15) is 0 Å². The van der Waals surface area contributed by atoms with E-state index in [0.717, 1.165) is 36.4 Å². The fourth-order valence-corrected chi connectivity index (χ4v) is 4.04. The summed E-state index contributed by atoms with van der Waals surface area (Å²) in [4.78, 5) is 24.8. The van der Waals surface area contributed by atoms with Crippen LogP contribution in [0.25, 0.3) is 11.0 Å². The maximum Gasteiger partial charge on any atom is 0.317 e. The standard InChI is InChI=1S/C19H27N5O/c1-14-5-6-16-17(11-14)22-18(21-16)12-20-19(25)24-10-7-15(13-24)23-8-3-2-4-9-23/h5-6,11,15H,2-4,7-10,12-13H2,1H3,(H,20,25)(H,21,22)/t15-/m1/s1. The van der Waals surface area contributed by atoms with E-state index in [1.54, 1.807) is 0 Å². The smallest absolute Gasteiger partial charge is 0.317 e. The third-order valence-corrected chi connectivity index (χ3v) is 5.45. The third kappa shape index (κ3) is 3.63. The number of piperidine rings is 1. The Hall–Kier alpha value is -2.08. The molecule has 2 aliphatic rings. The lowest BCUT2D eigenvalue weighted by Crippen LogP contribution is -2.43. The minimum absolute atomic E-state index is 0.0242. The second-order valence-electron chi connectivity index (χ2n) is 7.35. The van der Waals surface area contributed by atoms with Gasteiger partial charge in [-0.05, 0) is 57.0 Å². The van der Waals surface area contributed by atoms with Crippen LogP contribution >= 0.6 is 0 Å². The molecule has 1 atom stereocenters. The Balaban J connectivity index is 1.31. The average Bonchev–Trinajstić information content (AvgIpc) is 3.27. The first-order valence-corrected chi connectivity index (χ1v) is 9.41. The minimum atomic E-state index is 0.0242. The number of aryl methyl sites for hydroxylation is 1. The summed E-state index contributed by atoms with van der Waals surface area (Å²) < 4.78 is 0. The number of hydrogen-bond acceptors (Lipinski definition) is 3. The van der Waals surface area contributed by atoms with Gasteiger partial charge in [0.15, 0.2) is 0 Å². The maximum absolute atomic E-state index is 12.5. The van der Waals surface area contributed by atoms with Gasteiger partial charge in [0.05, 0.1) is 17.6 Å². The summed E-state index contributed by atoms with van der Waals surface area (Å²) in [6.45, 7) is 6.60. The van der Waals surface area contributed by atoms with E-state index in [0.29, 0.717) is 12.6 Å². The van der Waals surface area contributed by atoms with Crippen LogP contribution in [-0.2, 0) is 6.54 Å². The van der Waals surface area contributed by atoms with Crippen LogP contribution in [-0.4, -0.2) is 58.0 Å². The van der Waals surface area contributed by atoms with Crippen molar-refractivity contribution in [3.05, 3.63) is 29.6 Å². The molecule has 6 nitrogen and oxygen atoms in total. The van der Waals surface area contributed by atoms with Crippen molar-refractivity contribution in [1.82, 2.24) is 25.1 Å². The van der Waals surface area contributed by atoms with Crippen LogP contribution in [0.4, 0.5) is 4.79 Å². The number of likely N-dealkylation sites (tertiary alicyclic amines) is 2. The molecule has 0 spiro atoms. The monoisotopic (exact) mass is 341 g/mol. The van der Waals surface area contributed by atoms with Crippen LogP contribution < -0.4 is 5.32 Å². The molecule has 0 unspecified atom stereocenters. The molecule has 0 bridgehead atoms. The van der Waals surface area contributed by atoms with Crippen LogP contribution in [0, 0.1) is 6.92 Å². The van der Waals surface area contributed by atoms with E-state index in [1.165, 1.54) is 37.9 Å². The summed E-state index contributed by atoms with van der Waals surface area (Å²) in [5.74, 6) is 0.806. The second-order valence-corrected chi connectivity index (χ2v) is 7.35. The Kier molecular flexibility index (Phi) is 4.61. The predicted octanol–water partition coefficient (Wildman–Crippen LogP) is 2.64. The first-order chi connectivity index (χ1) is 12.2. The van der Waals surface area contributed by atoms with Crippen molar-refractivity contribution in [1.29, 1.82) is 0 Å². The van der Waals surface area contributed by atoms with E-state index in [4.69, 9.17) is 0 Å². The van der Waals surface area contributed by atoms with Crippen LogP contribution in [0.1, 0.15) is 37.1 Å². The molecular formula is C19H27N5O. The molecule has 3 heterocycles. The number of hydrogen-bond donors (Lipinski definition) is 2. The summed E-state index contributed by atoms with van der Waals surface area (Å²) in [5.41, 5.74) is 3.17. The largest absolute Gasteiger partial charge is 0.340 e. The zero-order chi connectivity index (χ0) is 17.2. The molecule has 2 aliphatic heterocycles. The summed E-state index contributed by atoms with van der Waals surface area (Å²) in [6, 6.07) is 6.71. The number of fused-ring (bicyclic) bond motifs is 1. The Labute approximate surface area is 148 Å². The molecule has 1 aromatic heterocycles. The number of nitrogens with zero attached hydrogens (tertiary/aromatic N) is 3. The summed E-state index contributed by atoms with van der Waals surface area (Å²) in [5, 5.41) is 3.01. The van der Waals surface area contributed by atoms with Gasteiger partial charge in [0.2, 0.25) is 0 Å². The highest BCUT2D eigenvalue weighted by atomic mass is 16.2. The number of carbonyl (C=O) groups is 1. The Bertz CT molecular complexity index is 749. The van der Waals surface area contributed by atoms with Crippen molar-refractivity contribution in [3.63, 3.8) is 0 Å². The number of amides is 2. The molecule has 4 rings (SSSR count). The lowest BCUT2D eigenvalue weighted by Gasteiger charge is -2.32. The van der Waals surface area contributed by atoms with Crippen LogP contribution in [0.15, 0.2) is 18.2 Å². The quantitative estimate of drug-likeness (QED) is 0.902. The van der Waals surface area contributed by atoms with Crippen molar-refractivity contribution < 1.29 is 4.79 Å². The highest BCUT2D eigenvalue weighted by Gasteiger charge is 2.30. The van der Waals surface area contributed by atoms with Gasteiger partial charge in [-0.3, -0.25) is 4.90 Å². The fourth-order valence-electron chi connectivity index (χ4n) is 4.04. The average molecular weight is 341 g/mol. The van der Waals surface area contributed by atoms with Crippen molar-refractivity contribution in [2.45, 2.75) is 45.2 Å². The van der Waals surface area contributed by atoms with E-state index >= 15 is 0 Å². The highest BCUT2D eigenvalue weighted by molar-refractivity contribution is 5.76. The molecule has 2 saturated heterocycles. The van der Waals surface area contributed by atoms with Crippen LogP contribution in [0.3, 0.4) is 0 Å². The lowest BCUT2D eigenvalue weighted by molar-refractivity contribution is 0.161. The Morgan fingerprint density at radius 2 is 2.12 bits per heavy atom. The number of aromatic nitrogens is 2. The van der Waals surface area contributed by atoms with Gasteiger partial charge in [0, 0.05) is 19.1 Å². The number of carbonyl (C=O) groups excluding carboxylic acids is 1. The molecule has 0 saturated carbocycles. The summed E-state index contributed by atoms with van der Waals surface area (Å²) >= 11 is 0. The highest BCUT2D eigenvalue weighted by Crippen LogP contribution is 2.20. The number of nitrogens with one attached hydrogen (secondary N) is 2. The van der Waals surface area contributed by atoms with Gasteiger partial charge in [0.25, 0.3) is 0 Å². The zero-order valence-electron chi connectivity index (χ0n) is 14.9. The molecule has 6 heteroatoms. The number of urea groups is 1. The van der Waals surface area contributed by atoms with Crippen LogP contribution in [0.5, 0.6) is 0 Å². The molecule has 2 amide bonds. The first-order valence-electron chi connectivity index (χ1n) is 9.41. The topological polar surface area (TPSA) is 64.3 Å². The molecule has 1 aromatic carbocycles. The number of imidazole rings is 1. The van der Waals surface area contributed by atoms with Gasteiger partial charge < -0.3 is 15.2 Å². The normalized spacial score (nSPS) is 21.8. The minimum Gasteiger partial charge on any atom is -0.340 e. The second kappa shape index (κ2) is 7.04. The number of aromatic amines is 1. The third-order valence-electron chi connectivity index (χ3n) is 5.45. The molecular weight excluding hydrogens is 314 g/mol. The van der Waals surface area contributed by atoms with E-state index in [1.807, 2.05) is 11.0 Å². The predicted molar refractivity (Wildman–Crippen MR) is 98.5 cm³/mol. The fraction of sp³-hybridized carbons (Fsp3) is 0.579. The molecule has 25 heavy (non-hydrogen) atoms. The molecule has 0 aliphatic carbocycles. The van der Waals surface area contributed by atoms with Crippen molar-refractivity contribution >= 4 is 17.1 Å². The van der Waals surface area contributed by atoms with E-state index < -0.39 is 0 Å². The lowest BCUT2D eigenvalue weighted by atomic mass is 10.1. The molecule has 134 valence electrons. The van der Waals surface area contributed by atoms with Gasteiger partial charge in [0.1, 0.15) is 5.82 Å². The van der Waals surface area contributed by atoms with Gasteiger partial charge >= 0.3 is 6.03 Å². The van der Waals surface area contributed by atoms with Gasteiger partial charge in [-0.25, -0.2) is 9.78 Å². The summed E-state index contributed by atoms with van der Waals surface area (Å²) in [6.07, 6.45) is 5.05. The molecule has 0 radical (unpaired) electrons. The Morgan fingerprint density at radius 3 is 2.96 bits per heavy atom. The number of benzene rings is 1. The Morgan fingerprint density at radius 1 is 1.28 bits per heavy atom. The molecule has 2 fully saturated rings. The van der Waals surface area contributed by atoms with E-state index in [-0.39, 0.29) is 6.03 Å². The van der Waals surface area contributed by atoms with Crippen molar-refractivity contribution in [2.24, 2.45) is 0 Å². The summed E-state index contributed by atoms with van der Waals surface area (Å²) in [7, 11) is 0. The molecule has 2 N–H and O–H groups in total. The maximum atomic E-state index is 12.5. The number of rotatable bonds is 3. The zero-order valence-corrected chi connectivity index (χ0v) is 14.9. The van der Waals surface area contributed by atoms with Gasteiger partial charge in [-0.15, -0.1) is 0 Å².